The third-order valence-corrected chi connectivity index (χ3v) is 5.29. The zero-order valence-corrected chi connectivity index (χ0v) is 11.1. The van der Waals surface area contributed by atoms with Gasteiger partial charge in [-0.2, -0.15) is 0 Å². The third kappa shape index (κ3) is 1.66. The lowest BCUT2D eigenvalue weighted by atomic mass is 9.73. The molecule has 4 rings (SSSR count). The Balaban J connectivity index is 1.88. The van der Waals surface area contributed by atoms with E-state index in [0.29, 0.717) is 18.2 Å². The fourth-order valence-electron chi connectivity index (χ4n) is 4.42. The highest BCUT2D eigenvalue weighted by Gasteiger charge is 2.53. The first-order valence-corrected chi connectivity index (χ1v) is 7.27. The summed E-state index contributed by atoms with van der Waals surface area (Å²) < 4.78 is 0. The zero-order valence-electron chi connectivity index (χ0n) is 11.1. The molecule has 17 heavy (non-hydrogen) atoms. The van der Waals surface area contributed by atoms with Gasteiger partial charge in [-0.05, 0) is 44.3 Å². The molecule has 0 radical (unpaired) electrons. The predicted octanol–water partition coefficient (Wildman–Crippen LogP) is 1.38. The van der Waals surface area contributed by atoms with E-state index in [1.54, 1.807) is 0 Å². The van der Waals surface area contributed by atoms with Crippen LogP contribution in [-0.2, 0) is 4.79 Å². The number of rotatable bonds is 3. The molecule has 3 nitrogen and oxygen atoms in total. The van der Waals surface area contributed by atoms with Gasteiger partial charge >= 0.3 is 0 Å². The van der Waals surface area contributed by atoms with Crippen molar-refractivity contribution in [3.05, 3.63) is 0 Å². The Bertz CT molecular complexity index is 309. The van der Waals surface area contributed by atoms with E-state index in [-0.39, 0.29) is 6.04 Å². The molecule has 4 aliphatic heterocycles. The van der Waals surface area contributed by atoms with E-state index in [2.05, 4.69) is 16.7 Å². The van der Waals surface area contributed by atoms with E-state index >= 15 is 0 Å². The molecule has 3 unspecified atom stereocenters. The Kier molecular flexibility index (Phi) is 2.99. The number of ketones is 1. The molecule has 0 aromatic rings. The Labute approximate surface area is 104 Å². The maximum atomic E-state index is 12.2. The van der Waals surface area contributed by atoms with Crippen molar-refractivity contribution in [3.63, 3.8) is 0 Å². The topological polar surface area (TPSA) is 23.6 Å². The molecule has 0 saturated carbocycles. The second-order valence-corrected chi connectivity index (χ2v) is 5.88. The van der Waals surface area contributed by atoms with Crippen LogP contribution in [-0.4, -0.2) is 53.8 Å². The summed E-state index contributed by atoms with van der Waals surface area (Å²) in [4.78, 5) is 17.3. The molecular formula is C14H24N2O. The molecule has 3 atom stereocenters. The minimum absolute atomic E-state index is 0.207. The number of likely N-dealkylation sites (N-methyl/N-ethyl adjacent to an activating group) is 1. The summed E-state index contributed by atoms with van der Waals surface area (Å²) in [5.74, 6) is 2.14. The SMILES string of the molecule is CCC(=O)C1C2C(CN1CC)C1CCN2CC1. The van der Waals surface area contributed by atoms with Gasteiger partial charge in [0.25, 0.3) is 0 Å². The number of piperidine rings is 3. The normalized spacial score (nSPS) is 44.9. The second kappa shape index (κ2) is 4.36. The van der Waals surface area contributed by atoms with Crippen LogP contribution in [0.1, 0.15) is 33.1 Å². The Morgan fingerprint density at radius 3 is 2.53 bits per heavy atom. The van der Waals surface area contributed by atoms with Gasteiger partial charge in [-0.3, -0.25) is 14.6 Å². The van der Waals surface area contributed by atoms with E-state index in [1.165, 1.54) is 32.5 Å². The zero-order chi connectivity index (χ0) is 12.0. The molecule has 4 saturated heterocycles. The van der Waals surface area contributed by atoms with Crippen LogP contribution in [0.3, 0.4) is 0 Å². The number of nitrogens with zero attached hydrogens (tertiary/aromatic N) is 2. The molecule has 0 N–H and O–H groups in total. The van der Waals surface area contributed by atoms with Crippen molar-refractivity contribution in [3.8, 4) is 0 Å². The molecule has 0 aliphatic carbocycles. The number of likely N-dealkylation sites (tertiary alicyclic amines) is 1. The van der Waals surface area contributed by atoms with Gasteiger partial charge in [0.2, 0.25) is 0 Å². The molecule has 96 valence electrons. The highest BCUT2D eigenvalue weighted by molar-refractivity contribution is 5.85. The quantitative estimate of drug-likeness (QED) is 0.739. The van der Waals surface area contributed by atoms with Gasteiger partial charge in [-0.25, -0.2) is 0 Å². The van der Waals surface area contributed by atoms with Crippen LogP contribution >= 0.6 is 0 Å². The predicted molar refractivity (Wildman–Crippen MR) is 67.9 cm³/mol. The first kappa shape index (κ1) is 11.7. The lowest BCUT2D eigenvalue weighted by Gasteiger charge is -2.49. The minimum atomic E-state index is 0.207. The van der Waals surface area contributed by atoms with Crippen molar-refractivity contribution in [2.45, 2.75) is 45.2 Å². The molecule has 0 spiro atoms. The molecule has 0 aromatic carbocycles. The summed E-state index contributed by atoms with van der Waals surface area (Å²) >= 11 is 0. The monoisotopic (exact) mass is 236 g/mol. The first-order valence-electron chi connectivity index (χ1n) is 7.27. The molecule has 3 heteroatoms. The van der Waals surface area contributed by atoms with Crippen LogP contribution in [0.4, 0.5) is 0 Å². The van der Waals surface area contributed by atoms with Crippen LogP contribution in [0, 0.1) is 11.8 Å². The maximum absolute atomic E-state index is 12.2. The molecule has 4 aliphatic rings. The molecule has 4 fully saturated rings. The molecule has 4 heterocycles. The molecule has 0 amide bonds. The van der Waals surface area contributed by atoms with E-state index < -0.39 is 0 Å². The van der Waals surface area contributed by atoms with Crippen molar-refractivity contribution in [2.24, 2.45) is 11.8 Å². The summed E-state index contributed by atoms with van der Waals surface area (Å²) in [6.07, 6.45) is 3.43. The number of hydrogen-bond acceptors (Lipinski definition) is 3. The second-order valence-electron chi connectivity index (χ2n) is 5.88. The van der Waals surface area contributed by atoms with Gasteiger partial charge in [0.1, 0.15) is 0 Å². The molecule has 2 bridgehead atoms. The fourth-order valence-corrected chi connectivity index (χ4v) is 4.42. The smallest absolute Gasteiger partial charge is 0.151 e. The van der Waals surface area contributed by atoms with Crippen LogP contribution in [0.2, 0.25) is 0 Å². The number of fused-ring (bicyclic) bond motifs is 2. The number of hydrogen-bond donors (Lipinski definition) is 0. The van der Waals surface area contributed by atoms with Crippen molar-refractivity contribution < 1.29 is 4.79 Å². The average Bonchev–Trinajstić information content (AvgIpc) is 2.80. The van der Waals surface area contributed by atoms with Gasteiger partial charge in [0.15, 0.2) is 5.78 Å². The third-order valence-electron chi connectivity index (χ3n) is 5.29. The lowest BCUT2D eigenvalue weighted by Crippen LogP contribution is -2.58. The van der Waals surface area contributed by atoms with E-state index in [1.807, 2.05) is 6.92 Å². The van der Waals surface area contributed by atoms with Crippen molar-refractivity contribution in [2.75, 3.05) is 26.2 Å². The van der Waals surface area contributed by atoms with Gasteiger partial charge in [0, 0.05) is 19.0 Å². The summed E-state index contributed by atoms with van der Waals surface area (Å²) in [6, 6.07) is 0.757. The number of carbonyl (C=O) groups excluding carboxylic acids is 1. The number of Topliss-reactive ketones (excluding diaryl/α,β-unsaturated/α-hetero) is 1. The number of carbonyl (C=O) groups is 1. The molecular weight excluding hydrogens is 212 g/mol. The Hall–Kier alpha value is -0.410. The highest BCUT2D eigenvalue weighted by Crippen LogP contribution is 2.44. The van der Waals surface area contributed by atoms with Gasteiger partial charge in [-0.1, -0.05) is 13.8 Å². The Morgan fingerprint density at radius 1 is 1.24 bits per heavy atom. The van der Waals surface area contributed by atoms with Crippen LogP contribution < -0.4 is 0 Å². The van der Waals surface area contributed by atoms with Crippen LogP contribution in [0.25, 0.3) is 0 Å². The fraction of sp³-hybridized carbons (Fsp3) is 0.929. The van der Waals surface area contributed by atoms with Crippen LogP contribution in [0.15, 0.2) is 0 Å². The summed E-state index contributed by atoms with van der Waals surface area (Å²) in [5, 5.41) is 0. The highest BCUT2D eigenvalue weighted by atomic mass is 16.1. The maximum Gasteiger partial charge on any atom is 0.151 e. The lowest BCUT2D eigenvalue weighted by molar-refractivity contribution is -0.125. The average molecular weight is 236 g/mol. The van der Waals surface area contributed by atoms with Gasteiger partial charge in [0.05, 0.1) is 6.04 Å². The summed E-state index contributed by atoms with van der Waals surface area (Å²) in [6.45, 7) is 8.88. The standard InChI is InChI=1S/C14H24N2O/c1-3-12(17)14-13-11(9-15(14)4-2)10-5-7-16(13)8-6-10/h10-11,13-14H,3-9H2,1-2H3. The summed E-state index contributed by atoms with van der Waals surface area (Å²) in [7, 11) is 0. The van der Waals surface area contributed by atoms with E-state index in [9.17, 15) is 4.79 Å². The van der Waals surface area contributed by atoms with Crippen LogP contribution in [0.5, 0.6) is 0 Å². The summed E-state index contributed by atoms with van der Waals surface area (Å²) in [5.41, 5.74) is 0. The van der Waals surface area contributed by atoms with Gasteiger partial charge in [-0.15, -0.1) is 0 Å². The van der Waals surface area contributed by atoms with E-state index in [4.69, 9.17) is 0 Å². The van der Waals surface area contributed by atoms with Crippen molar-refractivity contribution >= 4 is 5.78 Å². The molecule has 0 aromatic heterocycles. The van der Waals surface area contributed by atoms with Crippen molar-refractivity contribution in [1.82, 2.24) is 9.80 Å². The Morgan fingerprint density at radius 2 is 1.94 bits per heavy atom. The first-order chi connectivity index (χ1) is 8.26. The minimum Gasteiger partial charge on any atom is -0.298 e. The van der Waals surface area contributed by atoms with Gasteiger partial charge < -0.3 is 0 Å². The largest absolute Gasteiger partial charge is 0.298 e. The van der Waals surface area contributed by atoms with E-state index in [0.717, 1.165) is 18.4 Å². The van der Waals surface area contributed by atoms with Crippen molar-refractivity contribution in [1.29, 1.82) is 0 Å².